The number of hydrogen-bond acceptors (Lipinski definition) is 3. The van der Waals surface area contributed by atoms with Gasteiger partial charge >= 0.3 is 0 Å². The summed E-state index contributed by atoms with van der Waals surface area (Å²) in [4.78, 5) is 0. The van der Waals surface area contributed by atoms with Gasteiger partial charge in [0.05, 0.1) is 19.3 Å². The van der Waals surface area contributed by atoms with Crippen molar-refractivity contribution in [3.8, 4) is 5.75 Å². The maximum Gasteiger partial charge on any atom is 0.166 e. The van der Waals surface area contributed by atoms with Crippen molar-refractivity contribution in [3.05, 3.63) is 29.8 Å². The molecule has 2 N–H and O–H groups in total. The molecule has 0 spiro atoms. The predicted molar refractivity (Wildman–Crippen MR) is 84.1 cm³/mol. The zero-order chi connectivity index (χ0) is 14.4. The SMILES string of the molecule is COc1cccc(C(C)NC(=S)NCC2CCCO2)c1. The number of methoxy groups -OCH3 is 1. The molecule has 110 valence electrons. The molecule has 0 bridgehead atoms. The minimum absolute atomic E-state index is 0.134. The minimum Gasteiger partial charge on any atom is -0.497 e. The molecule has 0 aromatic heterocycles. The van der Waals surface area contributed by atoms with E-state index >= 15 is 0 Å². The number of benzene rings is 1. The lowest BCUT2D eigenvalue weighted by molar-refractivity contribution is 0.114. The molecule has 1 heterocycles. The first-order chi connectivity index (χ1) is 9.69. The van der Waals surface area contributed by atoms with Gasteiger partial charge in [-0.25, -0.2) is 0 Å². The monoisotopic (exact) mass is 294 g/mol. The van der Waals surface area contributed by atoms with Gasteiger partial charge in [-0.05, 0) is 49.7 Å². The van der Waals surface area contributed by atoms with Crippen LogP contribution >= 0.6 is 12.2 Å². The Morgan fingerprint density at radius 2 is 2.40 bits per heavy atom. The van der Waals surface area contributed by atoms with E-state index in [1.165, 1.54) is 0 Å². The van der Waals surface area contributed by atoms with Gasteiger partial charge in [-0.3, -0.25) is 0 Å². The molecule has 0 amide bonds. The Balaban J connectivity index is 1.80. The minimum atomic E-state index is 0.134. The summed E-state index contributed by atoms with van der Waals surface area (Å²) in [6.45, 7) is 3.72. The summed E-state index contributed by atoms with van der Waals surface area (Å²) in [5, 5.41) is 7.16. The van der Waals surface area contributed by atoms with E-state index in [0.717, 1.165) is 37.3 Å². The van der Waals surface area contributed by atoms with Crippen LogP contribution in [0.15, 0.2) is 24.3 Å². The predicted octanol–water partition coefficient (Wildman–Crippen LogP) is 2.40. The van der Waals surface area contributed by atoms with Crippen LogP contribution in [0.5, 0.6) is 5.75 Å². The van der Waals surface area contributed by atoms with Crippen molar-refractivity contribution in [1.29, 1.82) is 0 Å². The van der Waals surface area contributed by atoms with E-state index in [1.807, 2.05) is 18.2 Å². The van der Waals surface area contributed by atoms with Crippen molar-refractivity contribution >= 4 is 17.3 Å². The highest BCUT2D eigenvalue weighted by atomic mass is 32.1. The molecule has 1 aliphatic heterocycles. The fourth-order valence-electron chi connectivity index (χ4n) is 2.25. The van der Waals surface area contributed by atoms with Gasteiger partial charge in [0.1, 0.15) is 5.75 Å². The third kappa shape index (κ3) is 4.35. The summed E-state index contributed by atoms with van der Waals surface area (Å²) in [7, 11) is 1.67. The first-order valence-electron chi connectivity index (χ1n) is 6.99. The van der Waals surface area contributed by atoms with Crippen molar-refractivity contribution in [2.45, 2.75) is 31.9 Å². The van der Waals surface area contributed by atoms with Crippen LogP contribution in [0.4, 0.5) is 0 Å². The highest BCUT2D eigenvalue weighted by Crippen LogP contribution is 2.18. The topological polar surface area (TPSA) is 42.5 Å². The number of nitrogens with one attached hydrogen (secondary N) is 2. The van der Waals surface area contributed by atoms with E-state index in [1.54, 1.807) is 7.11 Å². The van der Waals surface area contributed by atoms with Gasteiger partial charge in [-0.1, -0.05) is 12.1 Å². The van der Waals surface area contributed by atoms with Crippen LogP contribution in [0, 0.1) is 0 Å². The van der Waals surface area contributed by atoms with E-state index in [-0.39, 0.29) is 6.04 Å². The lowest BCUT2D eigenvalue weighted by atomic mass is 10.1. The normalized spacial score (nSPS) is 19.4. The van der Waals surface area contributed by atoms with E-state index in [2.05, 4.69) is 23.6 Å². The summed E-state index contributed by atoms with van der Waals surface area (Å²) in [5.74, 6) is 0.856. The fraction of sp³-hybridized carbons (Fsp3) is 0.533. The molecule has 2 rings (SSSR count). The molecule has 1 aliphatic rings. The molecule has 1 aromatic carbocycles. The summed E-state index contributed by atoms with van der Waals surface area (Å²) in [6.07, 6.45) is 2.55. The molecule has 1 saturated heterocycles. The number of hydrogen-bond donors (Lipinski definition) is 2. The summed E-state index contributed by atoms with van der Waals surface area (Å²) in [5.41, 5.74) is 1.14. The van der Waals surface area contributed by atoms with Gasteiger partial charge in [0.15, 0.2) is 5.11 Å². The van der Waals surface area contributed by atoms with Gasteiger partial charge in [0.2, 0.25) is 0 Å². The average molecular weight is 294 g/mol. The van der Waals surface area contributed by atoms with Crippen molar-refractivity contribution in [1.82, 2.24) is 10.6 Å². The molecule has 1 aromatic rings. The van der Waals surface area contributed by atoms with Gasteiger partial charge in [0, 0.05) is 13.2 Å². The Morgan fingerprint density at radius 1 is 1.55 bits per heavy atom. The number of rotatable bonds is 5. The molecule has 0 radical (unpaired) electrons. The van der Waals surface area contributed by atoms with Crippen LogP contribution < -0.4 is 15.4 Å². The van der Waals surface area contributed by atoms with Crippen LogP contribution in [-0.4, -0.2) is 31.5 Å². The average Bonchev–Trinajstić information content (AvgIpc) is 2.98. The second kappa shape index (κ2) is 7.45. The smallest absolute Gasteiger partial charge is 0.166 e. The van der Waals surface area contributed by atoms with E-state index in [4.69, 9.17) is 21.7 Å². The van der Waals surface area contributed by atoms with Gasteiger partial charge < -0.3 is 20.1 Å². The molecule has 20 heavy (non-hydrogen) atoms. The molecule has 0 saturated carbocycles. The fourth-order valence-corrected chi connectivity index (χ4v) is 2.51. The standard InChI is InChI=1S/C15H22N2O2S/c1-11(12-5-3-6-13(9-12)18-2)17-15(20)16-10-14-7-4-8-19-14/h3,5-6,9,11,14H,4,7-8,10H2,1-2H3,(H2,16,17,20). The van der Waals surface area contributed by atoms with Crippen molar-refractivity contribution in [3.63, 3.8) is 0 Å². The summed E-state index contributed by atoms with van der Waals surface area (Å²) < 4.78 is 10.8. The van der Waals surface area contributed by atoms with E-state index < -0.39 is 0 Å². The second-order valence-corrected chi connectivity index (χ2v) is 5.40. The molecule has 2 unspecified atom stereocenters. The first kappa shape index (κ1) is 15.1. The molecule has 5 heteroatoms. The Hall–Kier alpha value is -1.33. The Kier molecular flexibility index (Phi) is 5.61. The third-order valence-electron chi connectivity index (χ3n) is 3.46. The zero-order valence-corrected chi connectivity index (χ0v) is 12.8. The molecule has 0 aliphatic carbocycles. The second-order valence-electron chi connectivity index (χ2n) is 4.99. The Morgan fingerprint density at radius 3 is 3.10 bits per heavy atom. The zero-order valence-electron chi connectivity index (χ0n) is 12.0. The van der Waals surface area contributed by atoms with Gasteiger partial charge in [0.25, 0.3) is 0 Å². The summed E-state index contributed by atoms with van der Waals surface area (Å²) >= 11 is 5.32. The van der Waals surface area contributed by atoms with Crippen molar-refractivity contribution in [2.75, 3.05) is 20.3 Å². The summed E-state index contributed by atoms with van der Waals surface area (Å²) in [6, 6.07) is 8.12. The maximum atomic E-state index is 5.56. The molecular formula is C15H22N2O2S. The number of thiocarbonyl (C=S) groups is 1. The Labute approximate surface area is 125 Å². The highest BCUT2D eigenvalue weighted by molar-refractivity contribution is 7.80. The van der Waals surface area contributed by atoms with Crippen LogP contribution in [0.1, 0.15) is 31.4 Å². The lowest BCUT2D eigenvalue weighted by Crippen LogP contribution is -2.40. The molecule has 4 nitrogen and oxygen atoms in total. The van der Waals surface area contributed by atoms with Crippen LogP contribution in [-0.2, 0) is 4.74 Å². The van der Waals surface area contributed by atoms with Crippen molar-refractivity contribution < 1.29 is 9.47 Å². The Bertz CT molecular complexity index is 447. The van der Waals surface area contributed by atoms with Crippen molar-refractivity contribution in [2.24, 2.45) is 0 Å². The first-order valence-corrected chi connectivity index (χ1v) is 7.40. The molecular weight excluding hydrogens is 272 g/mol. The maximum absolute atomic E-state index is 5.56. The van der Waals surface area contributed by atoms with Crippen LogP contribution in [0.25, 0.3) is 0 Å². The van der Waals surface area contributed by atoms with Crippen LogP contribution in [0.2, 0.25) is 0 Å². The van der Waals surface area contributed by atoms with Gasteiger partial charge in [-0.2, -0.15) is 0 Å². The lowest BCUT2D eigenvalue weighted by Gasteiger charge is -2.19. The van der Waals surface area contributed by atoms with E-state index in [0.29, 0.717) is 11.2 Å². The quantitative estimate of drug-likeness (QED) is 0.816. The molecule has 2 atom stereocenters. The van der Waals surface area contributed by atoms with Crippen LogP contribution in [0.3, 0.4) is 0 Å². The highest BCUT2D eigenvalue weighted by Gasteiger charge is 2.15. The third-order valence-corrected chi connectivity index (χ3v) is 3.72. The number of ether oxygens (including phenoxy) is 2. The molecule has 1 fully saturated rings. The largest absolute Gasteiger partial charge is 0.497 e. The van der Waals surface area contributed by atoms with Gasteiger partial charge in [-0.15, -0.1) is 0 Å². The van der Waals surface area contributed by atoms with E-state index in [9.17, 15) is 0 Å².